The second-order valence-electron chi connectivity index (χ2n) is 9.79. The Kier molecular flexibility index (Phi) is 9.28. The van der Waals surface area contributed by atoms with Gasteiger partial charge in [-0.1, -0.05) is 38.5 Å². The number of H-pyrrole nitrogens is 1. The number of nitrogens with zero attached hydrogens (tertiary/aromatic N) is 1. The Bertz CT molecular complexity index is 1130. The number of benzene rings is 1. The molecule has 2 heterocycles. The van der Waals surface area contributed by atoms with Crippen LogP contribution in [0.5, 0.6) is 0 Å². The van der Waals surface area contributed by atoms with Gasteiger partial charge >= 0.3 is 5.97 Å². The highest BCUT2D eigenvalue weighted by Crippen LogP contribution is 2.21. The van der Waals surface area contributed by atoms with Gasteiger partial charge in [0.25, 0.3) is 0 Å². The predicted molar refractivity (Wildman–Crippen MR) is 137 cm³/mol. The van der Waals surface area contributed by atoms with Gasteiger partial charge in [-0.05, 0) is 37.3 Å². The molecule has 1 aromatic heterocycles. The highest BCUT2D eigenvalue weighted by molar-refractivity contribution is 5.95. The standard InChI is InChI=1S/C26H37N5O6/c1-4-14(2)21(27)24(34)29-19(12-16-13-28-18-9-6-5-8-17(16)18)23(33)30-22(15(3)32)25(35)31-11-7-10-20(31)26(36)37/h5-6,8-9,13-15,19-22,28,32H,4,7,10-12,27H2,1-3H3,(H,29,34)(H,30,33)(H,36,37). The van der Waals surface area contributed by atoms with E-state index in [1.54, 1.807) is 6.20 Å². The number of aromatic amines is 1. The molecule has 0 aliphatic carbocycles. The molecule has 3 rings (SSSR count). The molecular weight excluding hydrogens is 478 g/mol. The molecule has 1 aromatic carbocycles. The summed E-state index contributed by atoms with van der Waals surface area (Å²) in [5.74, 6) is -3.11. The molecule has 0 bridgehead atoms. The summed E-state index contributed by atoms with van der Waals surface area (Å²) in [6.07, 6.45) is 2.05. The molecule has 11 heteroatoms. The number of aromatic nitrogens is 1. The number of nitrogens with two attached hydrogens (primary N) is 1. The molecule has 1 aliphatic heterocycles. The average Bonchev–Trinajstić information content (AvgIpc) is 3.53. The fourth-order valence-corrected chi connectivity index (χ4v) is 4.62. The molecule has 37 heavy (non-hydrogen) atoms. The van der Waals surface area contributed by atoms with Crippen molar-refractivity contribution in [2.45, 2.75) is 76.7 Å². The van der Waals surface area contributed by atoms with E-state index in [2.05, 4.69) is 15.6 Å². The van der Waals surface area contributed by atoms with Crippen LogP contribution in [0.4, 0.5) is 0 Å². The topological polar surface area (TPSA) is 178 Å². The second-order valence-corrected chi connectivity index (χ2v) is 9.79. The van der Waals surface area contributed by atoms with Gasteiger partial charge in [0, 0.05) is 30.1 Å². The molecule has 7 N–H and O–H groups in total. The normalized spacial score (nSPS) is 19.6. The minimum Gasteiger partial charge on any atom is -0.480 e. The number of likely N-dealkylation sites (tertiary alicyclic amines) is 1. The van der Waals surface area contributed by atoms with E-state index in [9.17, 15) is 29.4 Å². The predicted octanol–water partition coefficient (Wildman–Crippen LogP) is 0.510. The highest BCUT2D eigenvalue weighted by atomic mass is 16.4. The molecular formula is C26H37N5O6. The summed E-state index contributed by atoms with van der Waals surface area (Å²) in [5.41, 5.74) is 7.74. The van der Waals surface area contributed by atoms with E-state index >= 15 is 0 Å². The zero-order valence-electron chi connectivity index (χ0n) is 21.4. The van der Waals surface area contributed by atoms with E-state index in [4.69, 9.17) is 5.73 Å². The minimum atomic E-state index is -1.38. The van der Waals surface area contributed by atoms with Gasteiger partial charge in [0.1, 0.15) is 18.1 Å². The molecule has 6 unspecified atom stereocenters. The lowest BCUT2D eigenvalue weighted by Crippen LogP contribution is -2.60. The zero-order chi connectivity index (χ0) is 27.3. The minimum absolute atomic E-state index is 0.108. The van der Waals surface area contributed by atoms with Gasteiger partial charge in [-0.2, -0.15) is 0 Å². The number of fused-ring (bicyclic) bond motifs is 1. The van der Waals surface area contributed by atoms with Crippen molar-refractivity contribution in [1.29, 1.82) is 0 Å². The van der Waals surface area contributed by atoms with Crippen LogP contribution in [0.15, 0.2) is 30.5 Å². The Labute approximate surface area is 215 Å². The van der Waals surface area contributed by atoms with Crippen LogP contribution in [0.25, 0.3) is 10.9 Å². The molecule has 11 nitrogen and oxygen atoms in total. The van der Waals surface area contributed by atoms with Gasteiger partial charge in [0.15, 0.2) is 0 Å². The van der Waals surface area contributed by atoms with E-state index in [1.807, 2.05) is 38.1 Å². The third-order valence-corrected chi connectivity index (χ3v) is 7.16. The number of carboxylic acid groups (broad SMARTS) is 1. The van der Waals surface area contributed by atoms with Crippen molar-refractivity contribution in [3.8, 4) is 0 Å². The van der Waals surface area contributed by atoms with Crippen LogP contribution in [0.2, 0.25) is 0 Å². The summed E-state index contributed by atoms with van der Waals surface area (Å²) < 4.78 is 0. The van der Waals surface area contributed by atoms with Crippen molar-refractivity contribution in [1.82, 2.24) is 20.5 Å². The molecule has 1 saturated heterocycles. The number of hydrogen-bond acceptors (Lipinski definition) is 6. The van der Waals surface area contributed by atoms with Crippen LogP contribution in [0.1, 0.15) is 45.6 Å². The Hall–Kier alpha value is -3.44. The van der Waals surface area contributed by atoms with Gasteiger partial charge in [-0.25, -0.2) is 4.79 Å². The smallest absolute Gasteiger partial charge is 0.326 e. The lowest BCUT2D eigenvalue weighted by Gasteiger charge is -2.30. The monoisotopic (exact) mass is 515 g/mol. The highest BCUT2D eigenvalue weighted by Gasteiger charge is 2.40. The lowest BCUT2D eigenvalue weighted by atomic mass is 9.98. The number of aliphatic hydroxyl groups is 1. The van der Waals surface area contributed by atoms with Crippen molar-refractivity contribution in [3.63, 3.8) is 0 Å². The Morgan fingerprint density at radius 2 is 1.86 bits per heavy atom. The van der Waals surface area contributed by atoms with Gasteiger partial charge in [0.2, 0.25) is 17.7 Å². The van der Waals surface area contributed by atoms with E-state index in [-0.39, 0.29) is 18.9 Å². The third kappa shape index (κ3) is 6.47. The molecule has 0 saturated carbocycles. The summed E-state index contributed by atoms with van der Waals surface area (Å²) in [6, 6.07) is 3.21. The number of aliphatic carboxylic acids is 1. The quantitative estimate of drug-likeness (QED) is 0.252. The van der Waals surface area contributed by atoms with Crippen LogP contribution < -0.4 is 16.4 Å². The van der Waals surface area contributed by atoms with Crippen LogP contribution >= 0.6 is 0 Å². The first-order valence-electron chi connectivity index (χ1n) is 12.7. The van der Waals surface area contributed by atoms with E-state index in [1.165, 1.54) is 11.8 Å². The maximum atomic E-state index is 13.5. The van der Waals surface area contributed by atoms with Crippen LogP contribution in [-0.4, -0.2) is 80.6 Å². The third-order valence-electron chi connectivity index (χ3n) is 7.16. The molecule has 202 valence electrons. The van der Waals surface area contributed by atoms with Gasteiger partial charge < -0.3 is 36.5 Å². The molecule has 0 radical (unpaired) electrons. The number of aliphatic hydroxyl groups excluding tert-OH is 1. The Morgan fingerprint density at radius 3 is 2.51 bits per heavy atom. The van der Waals surface area contributed by atoms with Crippen molar-refractivity contribution in [2.75, 3.05) is 6.54 Å². The van der Waals surface area contributed by atoms with Crippen LogP contribution in [-0.2, 0) is 25.6 Å². The van der Waals surface area contributed by atoms with Crippen molar-refractivity contribution < 1.29 is 29.4 Å². The number of carbonyl (C=O) groups is 4. The maximum Gasteiger partial charge on any atom is 0.326 e. The van der Waals surface area contributed by atoms with E-state index in [0.717, 1.165) is 16.5 Å². The number of carbonyl (C=O) groups excluding carboxylic acids is 3. The van der Waals surface area contributed by atoms with Crippen molar-refractivity contribution in [2.24, 2.45) is 11.7 Å². The second kappa shape index (κ2) is 12.2. The van der Waals surface area contributed by atoms with Crippen molar-refractivity contribution in [3.05, 3.63) is 36.0 Å². The first-order chi connectivity index (χ1) is 17.5. The zero-order valence-corrected chi connectivity index (χ0v) is 21.4. The number of rotatable bonds is 11. The fraction of sp³-hybridized carbons (Fsp3) is 0.538. The first-order valence-corrected chi connectivity index (χ1v) is 12.7. The van der Waals surface area contributed by atoms with E-state index in [0.29, 0.717) is 19.3 Å². The molecule has 1 aliphatic rings. The number of hydrogen-bond donors (Lipinski definition) is 6. The summed E-state index contributed by atoms with van der Waals surface area (Å²) in [5, 5.41) is 26.0. The molecule has 2 aromatic rings. The summed E-state index contributed by atoms with van der Waals surface area (Å²) >= 11 is 0. The van der Waals surface area contributed by atoms with E-state index < -0.39 is 54.0 Å². The van der Waals surface area contributed by atoms with Gasteiger partial charge in [-0.3, -0.25) is 14.4 Å². The Balaban J connectivity index is 1.85. The summed E-state index contributed by atoms with van der Waals surface area (Å²) in [4.78, 5) is 55.5. The fourth-order valence-electron chi connectivity index (χ4n) is 4.62. The average molecular weight is 516 g/mol. The Morgan fingerprint density at radius 1 is 1.16 bits per heavy atom. The number of amides is 3. The molecule has 1 fully saturated rings. The SMILES string of the molecule is CCC(C)C(N)C(=O)NC(Cc1c[nH]c2ccccc12)C(=O)NC(C(=O)N1CCCC1C(=O)O)C(C)O. The molecule has 3 amide bonds. The molecule has 0 spiro atoms. The number of carboxylic acids is 1. The van der Waals surface area contributed by atoms with Gasteiger partial charge in [0.05, 0.1) is 12.1 Å². The lowest BCUT2D eigenvalue weighted by molar-refractivity contribution is -0.150. The van der Waals surface area contributed by atoms with Crippen LogP contribution in [0.3, 0.4) is 0 Å². The summed E-state index contributed by atoms with van der Waals surface area (Å²) in [6.45, 7) is 5.32. The number of para-hydroxylation sites is 1. The first kappa shape index (κ1) is 28.1. The van der Waals surface area contributed by atoms with Crippen molar-refractivity contribution >= 4 is 34.6 Å². The number of nitrogens with one attached hydrogen (secondary N) is 3. The van der Waals surface area contributed by atoms with Crippen LogP contribution in [0, 0.1) is 5.92 Å². The largest absolute Gasteiger partial charge is 0.480 e. The summed E-state index contributed by atoms with van der Waals surface area (Å²) in [7, 11) is 0. The molecule has 6 atom stereocenters. The van der Waals surface area contributed by atoms with Gasteiger partial charge in [-0.15, -0.1) is 0 Å². The maximum absolute atomic E-state index is 13.5.